The molecule has 0 heterocycles. The molecule has 2 heteroatoms. The fourth-order valence-corrected chi connectivity index (χ4v) is 7.15. The van der Waals surface area contributed by atoms with Gasteiger partial charge in [0.2, 0.25) is 0 Å². The van der Waals surface area contributed by atoms with Gasteiger partial charge in [0.25, 0.3) is 0 Å². The molecule has 1 nitrogen and oxygen atoms in total. The summed E-state index contributed by atoms with van der Waals surface area (Å²) in [5.41, 5.74) is 0. The predicted molar refractivity (Wildman–Crippen MR) is 88.7 cm³/mol. The zero-order chi connectivity index (χ0) is 14.3. The molecule has 2 aromatic rings. The Morgan fingerprint density at radius 1 is 0.810 bits per heavy atom. The minimum Gasteiger partial charge on any atom is -0.309 e. The average molecular weight is 294 g/mol. The molecular formula is C19H19OP. The second-order valence-electron chi connectivity index (χ2n) is 6.14. The van der Waals surface area contributed by atoms with Gasteiger partial charge in [-0.25, -0.2) is 0 Å². The Morgan fingerprint density at radius 3 is 1.81 bits per heavy atom. The molecule has 2 aliphatic rings. The highest BCUT2D eigenvalue weighted by Gasteiger charge is 2.43. The van der Waals surface area contributed by atoms with E-state index in [-0.39, 0.29) is 0 Å². The molecule has 1 saturated carbocycles. The Labute approximate surface area is 126 Å². The number of benzene rings is 2. The van der Waals surface area contributed by atoms with E-state index in [1.807, 2.05) is 60.7 Å². The molecule has 2 aromatic carbocycles. The van der Waals surface area contributed by atoms with E-state index in [1.165, 1.54) is 24.6 Å². The quantitative estimate of drug-likeness (QED) is 0.771. The molecule has 0 N–H and O–H groups in total. The molecule has 106 valence electrons. The lowest BCUT2D eigenvalue weighted by molar-refractivity contribution is 0.582. The van der Waals surface area contributed by atoms with E-state index in [0.717, 1.165) is 10.6 Å². The van der Waals surface area contributed by atoms with Crippen LogP contribution in [0, 0.1) is 11.8 Å². The Morgan fingerprint density at radius 2 is 1.38 bits per heavy atom. The van der Waals surface area contributed by atoms with Gasteiger partial charge in [-0.15, -0.1) is 0 Å². The molecule has 21 heavy (non-hydrogen) atoms. The van der Waals surface area contributed by atoms with Crippen molar-refractivity contribution in [3.63, 3.8) is 0 Å². The minimum absolute atomic E-state index is 0.529. The van der Waals surface area contributed by atoms with Crippen LogP contribution in [-0.4, -0.2) is 0 Å². The molecule has 2 aliphatic carbocycles. The van der Waals surface area contributed by atoms with E-state index in [9.17, 15) is 4.57 Å². The monoisotopic (exact) mass is 294 g/mol. The summed E-state index contributed by atoms with van der Waals surface area (Å²) >= 11 is 0. The van der Waals surface area contributed by atoms with E-state index in [4.69, 9.17) is 0 Å². The molecule has 0 unspecified atom stereocenters. The van der Waals surface area contributed by atoms with E-state index in [0.29, 0.717) is 11.8 Å². The van der Waals surface area contributed by atoms with Crippen molar-refractivity contribution in [1.82, 2.24) is 0 Å². The SMILES string of the molecule is O=P(C1=C[C@@H]2CC[C@H]1C2)(c1ccccc1)c1ccccc1. The van der Waals surface area contributed by atoms with Crippen LogP contribution in [0.15, 0.2) is 72.1 Å². The van der Waals surface area contributed by atoms with Crippen LogP contribution in [0.4, 0.5) is 0 Å². The van der Waals surface area contributed by atoms with Gasteiger partial charge >= 0.3 is 0 Å². The zero-order valence-electron chi connectivity index (χ0n) is 12.0. The van der Waals surface area contributed by atoms with Crippen molar-refractivity contribution in [3.05, 3.63) is 72.1 Å². The molecule has 1 fully saturated rings. The largest absolute Gasteiger partial charge is 0.309 e. The third-order valence-corrected chi connectivity index (χ3v) is 8.19. The lowest BCUT2D eigenvalue weighted by Gasteiger charge is -2.25. The molecule has 2 atom stereocenters. The summed E-state index contributed by atoms with van der Waals surface area (Å²) in [6.45, 7) is 0. The van der Waals surface area contributed by atoms with Crippen LogP contribution in [0.2, 0.25) is 0 Å². The van der Waals surface area contributed by atoms with Crippen LogP contribution in [0.1, 0.15) is 19.3 Å². The van der Waals surface area contributed by atoms with Gasteiger partial charge in [0.15, 0.2) is 7.14 Å². The second-order valence-corrected chi connectivity index (χ2v) is 8.91. The van der Waals surface area contributed by atoms with Crippen molar-refractivity contribution in [3.8, 4) is 0 Å². The molecule has 2 bridgehead atoms. The average Bonchev–Trinajstić information content (AvgIpc) is 3.19. The maximum atomic E-state index is 14.1. The van der Waals surface area contributed by atoms with Gasteiger partial charge in [-0.05, 0) is 36.4 Å². The third-order valence-electron chi connectivity index (χ3n) is 4.90. The minimum atomic E-state index is -2.65. The summed E-state index contributed by atoms with van der Waals surface area (Å²) in [4.78, 5) is 0. The normalized spacial score (nSPS) is 24.1. The Kier molecular flexibility index (Phi) is 3.12. The summed E-state index contributed by atoms with van der Waals surface area (Å²) in [6, 6.07) is 20.1. The van der Waals surface area contributed by atoms with Crippen molar-refractivity contribution in [2.75, 3.05) is 0 Å². The lowest BCUT2D eigenvalue weighted by Crippen LogP contribution is -2.19. The first-order valence-corrected chi connectivity index (χ1v) is 9.43. The van der Waals surface area contributed by atoms with Gasteiger partial charge in [0.05, 0.1) is 0 Å². The highest BCUT2D eigenvalue weighted by molar-refractivity contribution is 7.82. The molecule has 0 radical (unpaired) electrons. The summed E-state index contributed by atoms with van der Waals surface area (Å²) in [5, 5.41) is 3.18. The molecular weight excluding hydrogens is 275 g/mol. The van der Waals surface area contributed by atoms with Crippen LogP contribution in [0.25, 0.3) is 0 Å². The number of allylic oxidation sites excluding steroid dienone is 2. The highest BCUT2D eigenvalue weighted by atomic mass is 31.2. The standard InChI is InChI=1S/C19H19OP/c20-21(17-7-3-1-4-8-17,18-9-5-2-6-10-18)19-14-15-11-12-16(19)13-15/h1-10,14-16H,11-13H2/t15-,16+/m1/s1. The maximum Gasteiger partial charge on any atom is 0.167 e. The van der Waals surface area contributed by atoms with Gasteiger partial charge < -0.3 is 4.57 Å². The number of hydrogen-bond acceptors (Lipinski definition) is 1. The Balaban J connectivity index is 1.92. The molecule has 0 saturated heterocycles. The van der Waals surface area contributed by atoms with E-state index in [1.54, 1.807) is 0 Å². The van der Waals surface area contributed by atoms with Crippen LogP contribution >= 0.6 is 7.14 Å². The van der Waals surface area contributed by atoms with Gasteiger partial charge in [-0.3, -0.25) is 0 Å². The summed E-state index contributed by atoms with van der Waals surface area (Å²) < 4.78 is 14.1. The van der Waals surface area contributed by atoms with Crippen LogP contribution in [0.5, 0.6) is 0 Å². The number of fused-ring (bicyclic) bond motifs is 2. The highest BCUT2D eigenvalue weighted by Crippen LogP contribution is 2.62. The van der Waals surface area contributed by atoms with E-state index < -0.39 is 7.14 Å². The van der Waals surface area contributed by atoms with Crippen molar-refractivity contribution in [1.29, 1.82) is 0 Å². The van der Waals surface area contributed by atoms with Crippen molar-refractivity contribution < 1.29 is 4.57 Å². The second kappa shape index (κ2) is 5.00. The Hall–Kier alpha value is -1.59. The van der Waals surface area contributed by atoms with Gasteiger partial charge in [0, 0.05) is 10.6 Å². The first kappa shape index (κ1) is 13.1. The fourth-order valence-electron chi connectivity index (χ4n) is 3.90. The van der Waals surface area contributed by atoms with Crippen LogP contribution < -0.4 is 10.6 Å². The molecule has 4 rings (SSSR count). The summed E-state index contributed by atoms with van der Waals surface area (Å²) in [5.74, 6) is 1.19. The maximum absolute atomic E-state index is 14.1. The lowest BCUT2D eigenvalue weighted by atomic mass is 10.1. The van der Waals surface area contributed by atoms with Crippen LogP contribution in [-0.2, 0) is 4.57 Å². The predicted octanol–water partition coefficient (Wildman–Crippen LogP) is 4.31. The summed E-state index contributed by atoms with van der Waals surface area (Å²) in [6.07, 6.45) is 6.02. The van der Waals surface area contributed by atoms with Crippen molar-refractivity contribution in [2.45, 2.75) is 19.3 Å². The smallest absolute Gasteiger partial charge is 0.167 e. The van der Waals surface area contributed by atoms with E-state index >= 15 is 0 Å². The Bertz CT molecular complexity index is 674. The van der Waals surface area contributed by atoms with Crippen molar-refractivity contribution >= 4 is 17.8 Å². The summed E-state index contributed by atoms with van der Waals surface area (Å²) in [7, 11) is -2.65. The molecule has 0 aliphatic heterocycles. The first-order chi connectivity index (χ1) is 10.3. The number of rotatable bonds is 3. The fraction of sp³-hybridized carbons (Fsp3) is 0.263. The van der Waals surface area contributed by atoms with E-state index in [2.05, 4.69) is 6.08 Å². The molecule has 0 amide bonds. The first-order valence-electron chi connectivity index (χ1n) is 7.72. The number of hydrogen-bond donors (Lipinski definition) is 0. The zero-order valence-corrected chi connectivity index (χ0v) is 12.9. The third kappa shape index (κ3) is 2.03. The van der Waals surface area contributed by atoms with Gasteiger partial charge in [-0.1, -0.05) is 66.7 Å². The molecule has 0 aromatic heterocycles. The van der Waals surface area contributed by atoms with Gasteiger partial charge in [0.1, 0.15) is 0 Å². The molecule has 0 spiro atoms. The van der Waals surface area contributed by atoms with Gasteiger partial charge in [-0.2, -0.15) is 0 Å². The topological polar surface area (TPSA) is 17.1 Å². The van der Waals surface area contributed by atoms with Crippen LogP contribution in [0.3, 0.4) is 0 Å². The van der Waals surface area contributed by atoms with Crippen molar-refractivity contribution in [2.24, 2.45) is 11.8 Å².